The molecule has 2 aromatic carbocycles. The molecule has 31 heavy (non-hydrogen) atoms. The van der Waals surface area contributed by atoms with Crippen molar-refractivity contribution in [2.24, 2.45) is 4.99 Å². The minimum Gasteiger partial charge on any atom is -0.495 e. The predicted molar refractivity (Wildman–Crippen MR) is 124 cm³/mol. The second-order valence-electron chi connectivity index (χ2n) is 7.44. The van der Waals surface area contributed by atoms with Gasteiger partial charge in [0.25, 0.3) is 0 Å². The standard InChI is InChI=1S/C22H31N5O3S/c1-23-22(24-17-18-9-5-8-12-21(18)31(28,29)25(2)3)27-15-13-26(14-16-27)19-10-6-7-11-20(19)30-4/h5-12H,13-17H2,1-4H3,(H,23,24). The minimum absolute atomic E-state index is 0.309. The van der Waals surface area contributed by atoms with Crippen molar-refractivity contribution in [3.63, 3.8) is 0 Å². The van der Waals surface area contributed by atoms with Crippen molar-refractivity contribution in [3.05, 3.63) is 54.1 Å². The Morgan fingerprint density at radius 1 is 1.06 bits per heavy atom. The number of piperazine rings is 1. The molecule has 1 aliphatic rings. The highest BCUT2D eigenvalue weighted by atomic mass is 32.2. The third-order valence-electron chi connectivity index (χ3n) is 5.39. The molecule has 1 saturated heterocycles. The Kier molecular flexibility index (Phi) is 7.40. The van der Waals surface area contributed by atoms with Crippen LogP contribution in [0.15, 0.2) is 58.4 Å². The molecule has 0 unspecified atom stereocenters. The molecule has 0 aromatic heterocycles. The largest absolute Gasteiger partial charge is 0.495 e. The minimum atomic E-state index is -3.51. The highest BCUT2D eigenvalue weighted by molar-refractivity contribution is 7.89. The lowest BCUT2D eigenvalue weighted by Crippen LogP contribution is -2.52. The van der Waals surface area contributed by atoms with Crippen molar-refractivity contribution >= 4 is 21.7 Å². The summed E-state index contributed by atoms with van der Waals surface area (Å²) in [5.41, 5.74) is 1.81. The van der Waals surface area contributed by atoms with Gasteiger partial charge in [0.15, 0.2) is 5.96 Å². The molecule has 8 nitrogen and oxygen atoms in total. The number of benzene rings is 2. The fourth-order valence-corrected chi connectivity index (χ4v) is 4.77. The number of para-hydroxylation sites is 2. The molecule has 1 fully saturated rings. The summed E-state index contributed by atoms with van der Waals surface area (Å²) in [6.07, 6.45) is 0. The van der Waals surface area contributed by atoms with Crippen molar-refractivity contribution in [3.8, 4) is 5.75 Å². The molecular weight excluding hydrogens is 414 g/mol. The van der Waals surface area contributed by atoms with E-state index in [2.05, 4.69) is 26.2 Å². The lowest BCUT2D eigenvalue weighted by atomic mass is 10.2. The molecule has 9 heteroatoms. The van der Waals surface area contributed by atoms with Gasteiger partial charge in [0.05, 0.1) is 17.7 Å². The van der Waals surface area contributed by atoms with Crippen LogP contribution in [0.25, 0.3) is 0 Å². The van der Waals surface area contributed by atoms with Crippen LogP contribution in [0.2, 0.25) is 0 Å². The fourth-order valence-electron chi connectivity index (χ4n) is 3.65. The van der Waals surface area contributed by atoms with Gasteiger partial charge in [-0.05, 0) is 23.8 Å². The van der Waals surface area contributed by atoms with Crippen molar-refractivity contribution in [1.29, 1.82) is 0 Å². The Morgan fingerprint density at radius 2 is 1.71 bits per heavy atom. The van der Waals surface area contributed by atoms with Crippen molar-refractivity contribution < 1.29 is 13.2 Å². The van der Waals surface area contributed by atoms with Gasteiger partial charge in [-0.25, -0.2) is 12.7 Å². The maximum absolute atomic E-state index is 12.6. The van der Waals surface area contributed by atoms with E-state index in [0.717, 1.165) is 43.6 Å². The number of methoxy groups -OCH3 is 1. The lowest BCUT2D eigenvalue weighted by Gasteiger charge is -2.38. The fraction of sp³-hybridized carbons (Fsp3) is 0.409. The normalized spacial score (nSPS) is 15.3. The molecule has 0 atom stereocenters. The SMILES string of the molecule is CN=C(NCc1ccccc1S(=O)(=O)N(C)C)N1CCN(c2ccccc2OC)CC1. The zero-order valence-electron chi connectivity index (χ0n) is 18.6. The first kappa shape index (κ1) is 22.9. The zero-order chi connectivity index (χ0) is 22.4. The molecule has 0 spiro atoms. The van der Waals surface area contributed by atoms with Gasteiger partial charge in [-0.1, -0.05) is 30.3 Å². The van der Waals surface area contributed by atoms with Gasteiger partial charge in [-0.3, -0.25) is 4.99 Å². The molecule has 0 aliphatic carbocycles. The van der Waals surface area contributed by atoms with E-state index in [1.54, 1.807) is 40.4 Å². The van der Waals surface area contributed by atoms with E-state index in [0.29, 0.717) is 17.0 Å². The second-order valence-corrected chi connectivity index (χ2v) is 9.56. The topological polar surface area (TPSA) is 77.5 Å². The van der Waals surface area contributed by atoms with Crippen LogP contribution in [0.3, 0.4) is 0 Å². The molecule has 0 amide bonds. The van der Waals surface area contributed by atoms with E-state index >= 15 is 0 Å². The van der Waals surface area contributed by atoms with Crippen molar-refractivity contribution in [2.45, 2.75) is 11.4 Å². The summed E-state index contributed by atoms with van der Waals surface area (Å²) in [6, 6.07) is 15.1. The average molecular weight is 446 g/mol. The molecule has 168 valence electrons. The Balaban J connectivity index is 1.66. The summed E-state index contributed by atoms with van der Waals surface area (Å²) in [5.74, 6) is 1.63. The molecule has 1 N–H and O–H groups in total. The number of guanidine groups is 1. The number of hydrogen-bond donors (Lipinski definition) is 1. The summed E-state index contributed by atoms with van der Waals surface area (Å²) in [4.78, 5) is 9.22. The van der Waals surface area contributed by atoms with E-state index < -0.39 is 10.0 Å². The van der Waals surface area contributed by atoms with Gasteiger partial charge >= 0.3 is 0 Å². The summed E-state index contributed by atoms with van der Waals surface area (Å²) in [6.45, 7) is 3.66. The third-order valence-corrected chi connectivity index (χ3v) is 7.30. The quantitative estimate of drug-likeness (QED) is 0.540. The highest BCUT2D eigenvalue weighted by Gasteiger charge is 2.23. The first-order valence-electron chi connectivity index (χ1n) is 10.2. The third kappa shape index (κ3) is 5.11. The Hall–Kier alpha value is -2.78. The number of rotatable bonds is 6. The highest BCUT2D eigenvalue weighted by Crippen LogP contribution is 2.28. The number of aliphatic imine (C=N–C) groups is 1. The first-order valence-corrected chi connectivity index (χ1v) is 11.7. The maximum Gasteiger partial charge on any atom is 0.242 e. The lowest BCUT2D eigenvalue weighted by molar-refractivity contribution is 0.367. The van der Waals surface area contributed by atoms with E-state index in [9.17, 15) is 8.42 Å². The van der Waals surface area contributed by atoms with Crippen LogP contribution < -0.4 is 15.0 Å². The van der Waals surface area contributed by atoms with Gasteiger partial charge in [0.1, 0.15) is 5.75 Å². The van der Waals surface area contributed by atoms with E-state index in [1.807, 2.05) is 30.3 Å². The van der Waals surface area contributed by atoms with E-state index in [-0.39, 0.29) is 0 Å². The number of anilines is 1. The van der Waals surface area contributed by atoms with Crippen LogP contribution in [-0.2, 0) is 16.6 Å². The number of ether oxygens (including phenoxy) is 1. The molecular formula is C22H31N5O3S. The van der Waals surface area contributed by atoms with Gasteiger partial charge in [-0.15, -0.1) is 0 Å². The van der Waals surface area contributed by atoms with E-state index in [1.165, 1.54) is 4.31 Å². The predicted octanol–water partition coefficient (Wildman–Crippen LogP) is 1.84. The van der Waals surface area contributed by atoms with Crippen LogP contribution in [0.5, 0.6) is 5.75 Å². The Labute approximate surface area is 185 Å². The number of sulfonamides is 1. The van der Waals surface area contributed by atoms with Crippen LogP contribution in [0.1, 0.15) is 5.56 Å². The molecule has 0 bridgehead atoms. The number of nitrogens with zero attached hydrogens (tertiary/aromatic N) is 4. The van der Waals surface area contributed by atoms with Crippen molar-refractivity contribution in [2.75, 3.05) is 59.3 Å². The smallest absolute Gasteiger partial charge is 0.242 e. The summed E-state index contributed by atoms with van der Waals surface area (Å²) >= 11 is 0. The molecule has 0 saturated carbocycles. The van der Waals surface area contributed by atoms with Crippen LogP contribution >= 0.6 is 0 Å². The summed E-state index contributed by atoms with van der Waals surface area (Å²) in [5, 5.41) is 3.33. The van der Waals surface area contributed by atoms with Crippen LogP contribution in [-0.4, -0.2) is 78.0 Å². The Bertz CT molecular complexity index is 1020. The monoisotopic (exact) mass is 445 g/mol. The van der Waals surface area contributed by atoms with Gasteiger partial charge in [-0.2, -0.15) is 0 Å². The molecule has 0 radical (unpaired) electrons. The average Bonchev–Trinajstić information content (AvgIpc) is 2.80. The molecule has 2 aromatic rings. The number of hydrogen-bond acceptors (Lipinski definition) is 5. The zero-order valence-corrected chi connectivity index (χ0v) is 19.4. The Morgan fingerprint density at radius 3 is 2.35 bits per heavy atom. The second kappa shape index (κ2) is 10.0. The van der Waals surface area contributed by atoms with Gasteiger partial charge in [0.2, 0.25) is 10.0 Å². The van der Waals surface area contributed by atoms with Gasteiger partial charge < -0.3 is 19.9 Å². The van der Waals surface area contributed by atoms with Crippen LogP contribution in [0, 0.1) is 0 Å². The number of nitrogens with one attached hydrogen (secondary N) is 1. The van der Waals surface area contributed by atoms with Gasteiger partial charge in [0, 0.05) is 53.9 Å². The maximum atomic E-state index is 12.6. The van der Waals surface area contributed by atoms with Crippen LogP contribution in [0.4, 0.5) is 5.69 Å². The van der Waals surface area contributed by atoms with Crippen molar-refractivity contribution in [1.82, 2.24) is 14.5 Å². The summed E-state index contributed by atoms with van der Waals surface area (Å²) < 4.78 is 32.0. The van der Waals surface area contributed by atoms with E-state index in [4.69, 9.17) is 4.74 Å². The molecule has 1 heterocycles. The molecule has 1 aliphatic heterocycles. The molecule has 3 rings (SSSR count). The summed E-state index contributed by atoms with van der Waals surface area (Å²) in [7, 11) is 3.01. The first-order chi connectivity index (χ1) is 14.9.